The predicted octanol–water partition coefficient (Wildman–Crippen LogP) is 4.28. The van der Waals surface area contributed by atoms with E-state index in [0.29, 0.717) is 5.13 Å². The van der Waals surface area contributed by atoms with Crippen LogP contribution in [0.4, 0.5) is 5.13 Å². The summed E-state index contributed by atoms with van der Waals surface area (Å²) < 4.78 is 6.32. The Morgan fingerprint density at radius 3 is 2.58 bits per heavy atom. The first-order valence-electron chi connectivity index (χ1n) is 7.94. The third-order valence-corrected chi connectivity index (χ3v) is 5.78. The van der Waals surface area contributed by atoms with E-state index >= 15 is 0 Å². The Hall–Kier alpha value is -2.40. The van der Waals surface area contributed by atoms with Crippen LogP contribution in [0.1, 0.15) is 24.0 Å². The summed E-state index contributed by atoms with van der Waals surface area (Å²) in [7, 11) is 1.64. The summed E-state index contributed by atoms with van der Waals surface area (Å²) in [6.07, 6.45) is 1.74. The molecule has 5 heteroatoms. The number of aryl methyl sites for hydroxylation is 1. The molecule has 1 N–H and O–H groups in total. The minimum atomic E-state index is -0.417. The van der Waals surface area contributed by atoms with E-state index in [1.54, 1.807) is 7.11 Å². The van der Waals surface area contributed by atoms with Crippen LogP contribution >= 0.6 is 11.3 Å². The number of anilines is 1. The average Bonchev–Trinajstić information content (AvgIpc) is 3.31. The topological polar surface area (TPSA) is 51.2 Å². The van der Waals surface area contributed by atoms with Crippen molar-refractivity contribution in [2.45, 2.75) is 25.2 Å². The van der Waals surface area contributed by atoms with Crippen LogP contribution in [0.3, 0.4) is 0 Å². The van der Waals surface area contributed by atoms with E-state index in [2.05, 4.69) is 23.3 Å². The van der Waals surface area contributed by atoms with Gasteiger partial charge in [0.05, 0.1) is 22.7 Å². The molecule has 1 heterocycles. The number of fused-ring (bicyclic) bond motifs is 1. The van der Waals surface area contributed by atoms with Crippen LogP contribution in [-0.4, -0.2) is 18.0 Å². The smallest absolute Gasteiger partial charge is 0.236 e. The zero-order valence-corrected chi connectivity index (χ0v) is 14.4. The van der Waals surface area contributed by atoms with Gasteiger partial charge in [-0.05, 0) is 49.1 Å². The Balaban J connectivity index is 1.59. The van der Waals surface area contributed by atoms with Crippen molar-refractivity contribution in [3.63, 3.8) is 0 Å². The van der Waals surface area contributed by atoms with Crippen molar-refractivity contribution in [2.24, 2.45) is 0 Å². The molecule has 0 radical (unpaired) electrons. The van der Waals surface area contributed by atoms with Gasteiger partial charge in [0, 0.05) is 0 Å². The quantitative estimate of drug-likeness (QED) is 0.772. The first-order chi connectivity index (χ1) is 11.6. The molecule has 24 heavy (non-hydrogen) atoms. The number of amides is 1. The molecule has 122 valence electrons. The monoisotopic (exact) mass is 338 g/mol. The number of nitrogens with one attached hydrogen (secondary N) is 1. The Morgan fingerprint density at radius 2 is 1.96 bits per heavy atom. The molecule has 0 unspecified atom stereocenters. The van der Waals surface area contributed by atoms with Crippen molar-refractivity contribution in [1.82, 2.24) is 4.98 Å². The van der Waals surface area contributed by atoms with Crippen LogP contribution in [0, 0.1) is 6.92 Å². The van der Waals surface area contributed by atoms with E-state index in [0.717, 1.165) is 34.4 Å². The number of carbonyl (C=O) groups excluding carboxylic acids is 1. The number of methoxy groups -OCH3 is 1. The maximum Gasteiger partial charge on any atom is 0.236 e. The van der Waals surface area contributed by atoms with E-state index in [1.807, 2.05) is 36.4 Å². The summed E-state index contributed by atoms with van der Waals surface area (Å²) in [5.41, 5.74) is 2.74. The molecule has 0 spiro atoms. The highest BCUT2D eigenvalue weighted by atomic mass is 32.1. The molecule has 2 aromatic carbocycles. The zero-order chi connectivity index (χ0) is 16.7. The molecule has 1 aliphatic carbocycles. The van der Waals surface area contributed by atoms with Crippen LogP contribution in [0.25, 0.3) is 10.2 Å². The van der Waals surface area contributed by atoms with Crippen molar-refractivity contribution >= 4 is 32.6 Å². The van der Waals surface area contributed by atoms with E-state index in [1.165, 1.54) is 16.9 Å². The van der Waals surface area contributed by atoms with Gasteiger partial charge in [-0.1, -0.05) is 35.6 Å². The van der Waals surface area contributed by atoms with Gasteiger partial charge in [-0.2, -0.15) is 0 Å². The fourth-order valence-electron chi connectivity index (χ4n) is 3.04. The highest BCUT2D eigenvalue weighted by Crippen LogP contribution is 2.49. The molecule has 1 fully saturated rings. The second kappa shape index (κ2) is 5.60. The van der Waals surface area contributed by atoms with Gasteiger partial charge in [-0.3, -0.25) is 4.79 Å². The van der Waals surface area contributed by atoms with Crippen molar-refractivity contribution in [3.05, 3.63) is 53.6 Å². The van der Waals surface area contributed by atoms with Crippen LogP contribution in [-0.2, 0) is 10.2 Å². The van der Waals surface area contributed by atoms with Crippen molar-refractivity contribution in [2.75, 3.05) is 12.4 Å². The second-order valence-corrected chi connectivity index (χ2v) is 7.21. The summed E-state index contributed by atoms with van der Waals surface area (Å²) >= 11 is 1.53. The van der Waals surface area contributed by atoms with Gasteiger partial charge < -0.3 is 10.1 Å². The highest BCUT2D eigenvalue weighted by molar-refractivity contribution is 7.22. The normalized spacial score (nSPS) is 15.2. The van der Waals surface area contributed by atoms with Gasteiger partial charge in [0.2, 0.25) is 5.91 Å². The second-order valence-electron chi connectivity index (χ2n) is 6.21. The Bertz CT molecular complexity index is 911. The number of benzene rings is 2. The third-order valence-electron chi connectivity index (χ3n) is 4.66. The maximum atomic E-state index is 12.8. The SMILES string of the molecule is COc1ccc(C2(C(=O)Nc3nc4cccc(C)c4s3)CC2)cc1. The number of nitrogens with zero attached hydrogens (tertiary/aromatic N) is 1. The lowest BCUT2D eigenvalue weighted by atomic mass is 9.95. The zero-order valence-electron chi connectivity index (χ0n) is 13.6. The largest absolute Gasteiger partial charge is 0.497 e. The van der Waals surface area contributed by atoms with Gasteiger partial charge >= 0.3 is 0 Å². The summed E-state index contributed by atoms with van der Waals surface area (Å²) in [5, 5.41) is 3.70. The van der Waals surface area contributed by atoms with Gasteiger partial charge in [0.15, 0.2) is 5.13 Å². The fourth-order valence-corrected chi connectivity index (χ4v) is 3.97. The number of aromatic nitrogens is 1. The summed E-state index contributed by atoms with van der Waals surface area (Å²) in [6, 6.07) is 13.8. The summed E-state index contributed by atoms with van der Waals surface area (Å²) in [6.45, 7) is 2.06. The number of carbonyl (C=O) groups is 1. The van der Waals surface area contributed by atoms with Gasteiger partial charge in [0.1, 0.15) is 5.75 Å². The van der Waals surface area contributed by atoms with Crippen LogP contribution in [0.15, 0.2) is 42.5 Å². The van der Waals surface area contributed by atoms with Crippen molar-refractivity contribution in [3.8, 4) is 5.75 Å². The molecule has 1 aromatic heterocycles. The Kier molecular flexibility index (Phi) is 3.53. The first-order valence-corrected chi connectivity index (χ1v) is 8.76. The van der Waals surface area contributed by atoms with Crippen LogP contribution in [0.2, 0.25) is 0 Å². The lowest BCUT2D eigenvalue weighted by Gasteiger charge is -2.15. The molecule has 0 atom stereocenters. The minimum absolute atomic E-state index is 0.0318. The molecule has 0 bridgehead atoms. The molecule has 1 saturated carbocycles. The van der Waals surface area contributed by atoms with Crippen LogP contribution < -0.4 is 10.1 Å². The fraction of sp³-hybridized carbons (Fsp3) is 0.263. The third kappa shape index (κ3) is 2.45. The van der Waals surface area contributed by atoms with Crippen molar-refractivity contribution < 1.29 is 9.53 Å². The molecule has 4 rings (SSSR count). The predicted molar refractivity (Wildman–Crippen MR) is 96.9 cm³/mol. The van der Waals surface area contributed by atoms with E-state index in [9.17, 15) is 4.79 Å². The number of ether oxygens (including phenoxy) is 1. The molecular weight excluding hydrogens is 320 g/mol. The Labute approximate surface area is 144 Å². The van der Waals surface area contributed by atoms with E-state index in [4.69, 9.17) is 4.74 Å². The maximum absolute atomic E-state index is 12.8. The van der Waals surface area contributed by atoms with E-state index < -0.39 is 5.41 Å². The number of hydrogen-bond acceptors (Lipinski definition) is 4. The number of rotatable bonds is 4. The van der Waals surface area contributed by atoms with E-state index in [-0.39, 0.29) is 5.91 Å². The Morgan fingerprint density at radius 1 is 1.21 bits per heavy atom. The minimum Gasteiger partial charge on any atom is -0.497 e. The molecule has 1 aliphatic rings. The number of hydrogen-bond donors (Lipinski definition) is 1. The molecule has 4 nitrogen and oxygen atoms in total. The molecule has 0 aliphatic heterocycles. The molecule has 1 amide bonds. The van der Waals surface area contributed by atoms with Gasteiger partial charge in [0.25, 0.3) is 0 Å². The van der Waals surface area contributed by atoms with Crippen molar-refractivity contribution in [1.29, 1.82) is 0 Å². The first kappa shape index (κ1) is 15.1. The highest BCUT2D eigenvalue weighted by Gasteiger charge is 2.51. The van der Waals surface area contributed by atoms with Gasteiger partial charge in [-0.25, -0.2) is 4.98 Å². The van der Waals surface area contributed by atoms with Crippen LogP contribution in [0.5, 0.6) is 5.75 Å². The number of thiazole rings is 1. The van der Waals surface area contributed by atoms with Gasteiger partial charge in [-0.15, -0.1) is 0 Å². The molecule has 3 aromatic rings. The average molecular weight is 338 g/mol. The summed E-state index contributed by atoms with van der Waals surface area (Å²) in [5.74, 6) is 0.834. The lowest BCUT2D eigenvalue weighted by Crippen LogP contribution is -2.27. The molecule has 0 saturated heterocycles. The molecular formula is C19H18N2O2S. The summed E-state index contributed by atoms with van der Waals surface area (Å²) in [4.78, 5) is 17.4. The standard InChI is InChI=1S/C19H18N2O2S/c1-12-4-3-5-15-16(12)24-18(20-15)21-17(22)19(10-11-19)13-6-8-14(23-2)9-7-13/h3-9H,10-11H2,1-2H3,(H,20,21,22). The lowest BCUT2D eigenvalue weighted by molar-refractivity contribution is -0.118.